The topological polar surface area (TPSA) is 53.1 Å². The number of esters is 1. The first-order valence-corrected chi connectivity index (χ1v) is 11.3. The van der Waals surface area contributed by atoms with Gasteiger partial charge < -0.3 is 19.4 Å². The molecule has 6 nitrogen and oxygen atoms in total. The smallest absolute Gasteiger partial charge is 0.312 e. The van der Waals surface area contributed by atoms with Crippen LogP contribution in [-0.2, 0) is 9.53 Å². The van der Waals surface area contributed by atoms with E-state index in [1.807, 2.05) is 36.5 Å². The molecule has 4 heterocycles. The number of hydrogen-bond acceptors (Lipinski definition) is 6. The number of rotatable bonds is 4. The lowest BCUT2D eigenvalue weighted by Crippen LogP contribution is -2.51. The second kappa shape index (κ2) is 8.13. The molecular weight excluding hydrogens is 374 g/mol. The van der Waals surface area contributed by atoms with Gasteiger partial charge in [-0.3, -0.25) is 9.59 Å². The number of hydrogen-bond donors (Lipinski definition) is 0. The van der Waals surface area contributed by atoms with E-state index in [0.29, 0.717) is 6.04 Å². The monoisotopic (exact) mass is 405 g/mol. The molecule has 0 saturated carbocycles. The van der Waals surface area contributed by atoms with E-state index in [1.165, 1.54) is 11.3 Å². The predicted molar refractivity (Wildman–Crippen MR) is 110 cm³/mol. The lowest BCUT2D eigenvalue weighted by atomic mass is 9.75. The molecule has 154 valence electrons. The third kappa shape index (κ3) is 3.98. The minimum atomic E-state index is -0.257. The van der Waals surface area contributed by atoms with Crippen LogP contribution in [0.2, 0.25) is 0 Å². The van der Waals surface area contributed by atoms with E-state index in [4.69, 9.17) is 4.74 Å². The molecule has 28 heavy (non-hydrogen) atoms. The van der Waals surface area contributed by atoms with Crippen LogP contribution in [0.3, 0.4) is 0 Å². The van der Waals surface area contributed by atoms with Crippen molar-refractivity contribution in [1.82, 2.24) is 14.7 Å². The number of ether oxygens (including phenoxy) is 1. The minimum Gasteiger partial charge on any atom is -0.461 e. The van der Waals surface area contributed by atoms with E-state index in [9.17, 15) is 9.59 Å². The van der Waals surface area contributed by atoms with Crippen molar-refractivity contribution in [2.24, 2.45) is 5.41 Å². The molecule has 0 aromatic carbocycles. The van der Waals surface area contributed by atoms with Crippen LogP contribution in [-0.4, -0.2) is 85.5 Å². The first-order valence-electron chi connectivity index (χ1n) is 10.4. The maximum absolute atomic E-state index is 12.6. The van der Waals surface area contributed by atoms with Crippen LogP contribution in [0.4, 0.5) is 0 Å². The van der Waals surface area contributed by atoms with Gasteiger partial charge in [-0.05, 0) is 64.3 Å². The average molecular weight is 406 g/mol. The fourth-order valence-corrected chi connectivity index (χ4v) is 5.75. The molecule has 1 aromatic heterocycles. The van der Waals surface area contributed by atoms with Gasteiger partial charge in [0, 0.05) is 32.1 Å². The molecule has 1 atom stereocenters. The summed E-state index contributed by atoms with van der Waals surface area (Å²) in [6.07, 6.45) is 4.77. The molecule has 0 aliphatic carbocycles. The van der Waals surface area contributed by atoms with E-state index in [0.717, 1.165) is 69.7 Å². The highest BCUT2D eigenvalue weighted by molar-refractivity contribution is 7.12. The molecule has 3 saturated heterocycles. The van der Waals surface area contributed by atoms with Crippen LogP contribution < -0.4 is 0 Å². The standard InChI is InChI=1S/C21H31N3O3S/c1-22(2)15-17-14-21(20(26)27-17)7-11-23(12-8-21)16-5-9-24(10-6-16)19(25)18-4-3-13-28-18/h3-4,13,16-17H,5-12,14-15H2,1-2H3. The molecular formula is C21H31N3O3S. The van der Waals surface area contributed by atoms with Gasteiger partial charge in [-0.15, -0.1) is 11.3 Å². The lowest BCUT2D eigenvalue weighted by molar-refractivity contribution is -0.151. The second-order valence-electron chi connectivity index (χ2n) is 8.81. The van der Waals surface area contributed by atoms with E-state index >= 15 is 0 Å². The summed E-state index contributed by atoms with van der Waals surface area (Å²) in [6.45, 7) is 4.40. The summed E-state index contributed by atoms with van der Waals surface area (Å²) >= 11 is 1.52. The number of carbonyl (C=O) groups excluding carboxylic acids is 2. The Balaban J connectivity index is 1.27. The molecule has 1 aromatic rings. The molecule has 0 bridgehead atoms. The molecule has 1 amide bonds. The average Bonchev–Trinajstić information content (AvgIpc) is 3.31. The Morgan fingerprint density at radius 3 is 2.57 bits per heavy atom. The summed E-state index contributed by atoms with van der Waals surface area (Å²) in [6, 6.07) is 4.37. The van der Waals surface area contributed by atoms with Crippen LogP contribution in [0.25, 0.3) is 0 Å². The fourth-order valence-electron chi connectivity index (χ4n) is 5.06. The van der Waals surface area contributed by atoms with E-state index in [2.05, 4.69) is 9.80 Å². The SMILES string of the molecule is CN(C)CC1CC2(CCN(C3CCN(C(=O)c4cccs4)CC3)CC2)C(=O)O1. The van der Waals surface area contributed by atoms with E-state index in [1.54, 1.807) is 0 Å². The highest BCUT2D eigenvalue weighted by Crippen LogP contribution is 2.44. The lowest BCUT2D eigenvalue weighted by Gasteiger charge is -2.43. The summed E-state index contributed by atoms with van der Waals surface area (Å²) < 4.78 is 5.68. The van der Waals surface area contributed by atoms with Crippen LogP contribution in [0.1, 0.15) is 41.8 Å². The zero-order valence-electron chi connectivity index (χ0n) is 16.9. The van der Waals surface area contributed by atoms with Crippen molar-refractivity contribution in [2.75, 3.05) is 46.8 Å². The molecule has 3 aliphatic rings. The van der Waals surface area contributed by atoms with Gasteiger partial charge in [0.2, 0.25) is 0 Å². The summed E-state index contributed by atoms with van der Waals surface area (Å²) in [5.41, 5.74) is -0.257. The Labute approximate surface area is 171 Å². The van der Waals surface area contributed by atoms with Gasteiger partial charge in [0.25, 0.3) is 5.91 Å². The van der Waals surface area contributed by atoms with Crippen molar-refractivity contribution in [3.05, 3.63) is 22.4 Å². The second-order valence-corrected chi connectivity index (χ2v) is 9.76. The number of thiophene rings is 1. The molecule has 3 fully saturated rings. The Morgan fingerprint density at radius 2 is 1.96 bits per heavy atom. The highest BCUT2D eigenvalue weighted by atomic mass is 32.1. The van der Waals surface area contributed by atoms with Crippen molar-refractivity contribution < 1.29 is 14.3 Å². The summed E-state index contributed by atoms with van der Waals surface area (Å²) in [7, 11) is 4.05. The first-order chi connectivity index (χ1) is 13.5. The molecule has 1 spiro atoms. The Morgan fingerprint density at radius 1 is 1.25 bits per heavy atom. The zero-order chi connectivity index (χ0) is 19.7. The maximum Gasteiger partial charge on any atom is 0.312 e. The Bertz CT molecular complexity index is 690. The van der Waals surface area contributed by atoms with Crippen molar-refractivity contribution in [2.45, 2.75) is 44.2 Å². The zero-order valence-corrected chi connectivity index (χ0v) is 17.7. The number of likely N-dealkylation sites (N-methyl/N-ethyl adjacent to an activating group) is 1. The first kappa shape index (κ1) is 19.9. The summed E-state index contributed by atoms with van der Waals surface area (Å²) in [5.74, 6) is 0.196. The Kier molecular flexibility index (Phi) is 5.76. The largest absolute Gasteiger partial charge is 0.461 e. The van der Waals surface area contributed by atoms with Gasteiger partial charge in [-0.1, -0.05) is 6.07 Å². The number of piperidine rings is 2. The van der Waals surface area contributed by atoms with Gasteiger partial charge in [0.15, 0.2) is 0 Å². The molecule has 1 unspecified atom stereocenters. The maximum atomic E-state index is 12.6. The molecule has 0 radical (unpaired) electrons. The van der Waals surface area contributed by atoms with Crippen molar-refractivity contribution >= 4 is 23.2 Å². The molecule has 3 aliphatic heterocycles. The van der Waals surface area contributed by atoms with E-state index in [-0.39, 0.29) is 23.4 Å². The van der Waals surface area contributed by atoms with Crippen molar-refractivity contribution in [1.29, 1.82) is 0 Å². The number of carbonyl (C=O) groups is 2. The van der Waals surface area contributed by atoms with Gasteiger partial charge >= 0.3 is 5.97 Å². The highest BCUT2D eigenvalue weighted by Gasteiger charge is 2.50. The number of amides is 1. The third-order valence-corrected chi connectivity index (χ3v) is 7.51. The van der Waals surface area contributed by atoms with Crippen LogP contribution in [0, 0.1) is 5.41 Å². The summed E-state index contributed by atoms with van der Waals surface area (Å²) in [5, 5.41) is 1.96. The number of likely N-dealkylation sites (tertiary alicyclic amines) is 2. The molecule has 4 rings (SSSR count). The van der Waals surface area contributed by atoms with Gasteiger partial charge in [-0.2, -0.15) is 0 Å². The van der Waals surface area contributed by atoms with Gasteiger partial charge in [0.05, 0.1) is 10.3 Å². The summed E-state index contributed by atoms with van der Waals surface area (Å²) in [4.78, 5) is 32.6. The molecule has 0 N–H and O–H groups in total. The van der Waals surface area contributed by atoms with Crippen molar-refractivity contribution in [3.63, 3.8) is 0 Å². The Hall–Kier alpha value is -1.44. The fraction of sp³-hybridized carbons (Fsp3) is 0.714. The van der Waals surface area contributed by atoms with Crippen molar-refractivity contribution in [3.8, 4) is 0 Å². The van der Waals surface area contributed by atoms with E-state index < -0.39 is 0 Å². The molecule has 7 heteroatoms. The normalized spacial score (nSPS) is 26.2. The number of nitrogens with zero attached hydrogens (tertiary/aromatic N) is 3. The van der Waals surface area contributed by atoms with Crippen LogP contribution in [0.5, 0.6) is 0 Å². The minimum absolute atomic E-state index is 0.0235. The van der Waals surface area contributed by atoms with Crippen LogP contribution in [0.15, 0.2) is 17.5 Å². The number of cyclic esters (lactones) is 1. The quantitative estimate of drug-likeness (QED) is 0.720. The third-order valence-electron chi connectivity index (χ3n) is 6.65. The predicted octanol–water partition coefficient (Wildman–Crippen LogP) is 2.31. The van der Waals surface area contributed by atoms with Crippen LogP contribution >= 0.6 is 11.3 Å². The van der Waals surface area contributed by atoms with Gasteiger partial charge in [0.1, 0.15) is 6.10 Å². The van der Waals surface area contributed by atoms with Gasteiger partial charge in [-0.25, -0.2) is 0 Å².